The van der Waals surface area contributed by atoms with E-state index < -0.39 is 0 Å². The lowest BCUT2D eigenvalue weighted by Gasteiger charge is -1.95. The maximum absolute atomic E-state index is 5.64. The van der Waals surface area contributed by atoms with Crippen molar-refractivity contribution >= 4 is 27.5 Å². The molecule has 3 heterocycles. The number of thiazole rings is 1. The minimum absolute atomic E-state index is 0.504. The van der Waals surface area contributed by atoms with Crippen LogP contribution in [0.3, 0.4) is 0 Å². The number of hydrogen-bond donors (Lipinski definition) is 1. The van der Waals surface area contributed by atoms with Crippen LogP contribution >= 0.6 is 11.3 Å². The SMILES string of the molecule is Nc1cccc(-c2nc3cccnc3s2)n1. The van der Waals surface area contributed by atoms with E-state index >= 15 is 0 Å². The molecule has 0 spiro atoms. The summed E-state index contributed by atoms with van der Waals surface area (Å²) in [5.41, 5.74) is 7.33. The van der Waals surface area contributed by atoms with Crippen LogP contribution < -0.4 is 5.73 Å². The van der Waals surface area contributed by atoms with Crippen LogP contribution in [0.4, 0.5) is 5.82 Å². The van der Waals surface area contributed by atoms with Crippen molar-refractivity contribution in [3.05, 3.63) is 36.5 Å². The average molecular weight is 228 g/mol. The summed E-state index contributed by atoms with van der Waals surface area (Å²) in [4.78, 5) is 13.9. The molecular weight excluding hydrogens is 220 g/mol. The van der Waals surface area contributed by atoms with Crippen LogP contribution in [0.25, 0.3) is 21.0 Å². The summed E-state index contributed by atoms with van der Waals surface area (Å²) < 4.78 is 0. The van der Waals surface area contributed by atoms with Gasteiger partial charge in [0.05, 0.1) is 0 Å². The van der Waals surface area contributed by atoms with E-state index in [-0.39, 0.29) is 0 Å². The monoisotopic (exact) mass is 228 g/mol. The number of rotatable bonds is 1. The lowest BCUT2D eigenvalue weighted by molar-refractivity contribution is 1.31. The molecule has 0 saturated heterocycles. The molecule has 0 aromatic carbocycles. The Morgan fingerprint density at radius 2 is 2.00 bits per heavy atom. The Kier molecular flexibility index (Phi) is 2.04. The van der Waals surface area contributed by atoms with E-state index in [2.05, 4.69) is 15.0 Å². The number of nitrogens with zero attached hydrogens (tertiary/aromatic N) is 3. The molecular formula is C11H8N4S. The second kappa shape index (κ2) is 3.53. The lowest BCUT2D eigenvalue weighted by Crippen LogP contribution is -1.90. The zero-order valence-corrected chi connectivity index (χ0v) is 9.11. The molecule has 3 aromatic rings. The first kappa shape index (κ1) is 9.23. The highest BCUT2D eigenvalue weighted by Crippen LogP contribution is 2.27. The minimum Gasteiger partial charge on any atom is -0.384 e. The van der Waals surface area contributed by atoms with Crippen LogP contribution in [0, 0.1) is 0 Å². The zero-order valence-electron chi connectivity index (χ0n) is 8.29. The van der Waals surface area contributed by atoms with Gasteiger partial charge in [0, 0.05) is 6.20 Å². The Morgan fingerprint density at radius 1 is 1.06 bits per heavy atom. The van der Waals surface area contributed by atoms with E-state index in [1.165, 1.54) is 11.3 Å². The molecule has 4 nitrogen and oxygen atoms in total. The summed E-state index contributed by atoms with van der Waals surface area (Å²) in [6.07, 6.45) is 1.76. The number of aromatic nitrogens is 3. The molecule has 2 N–H and O–H groups in total. The van der Waals surface area contributed by atoms with Gasteiger partial charge in [-0.25, -0.2) is 15.0 Å². The molecule has 0 amide bonds. The van der Waals surface area contributed by atoms with E-state index in [0.29, 0.717) is 5.82 Å². The van der Waals surface area contributed by atoms with Crippen molar-refractivity contribution in [1.29, 1.82) is 0 Å². The molecule has 0 aliphatic rings. The van der Waals surface area contributed by atoms with Gasteiger partial charge in [0.25, 0.3) is 0 Å². The third-order valence-corrected chi connectivity index (χ3v) is 3.16. The van der Waals surface area contributed by atoms with Crippen LogP contribution in [0.5, 0.6) is 0 Å². The first-order valence-electron chi connectivity index (χ1n) is 4.77. The molecule has 78 valence electrons. The number of nitrogen functional groups attached to an aromatic ring is 1. The standard InChI is InChI=1S/C11H8N4S/c12-9-5-1-3-8(14-9)11-15-7-4-2-6-13-10(7)16-11/h1-6H,(H2,12,14). The van der Waals surface area contributed by atoms with Gasteiger partial charge in [-0.05, 0) is 24.3 Å². The first-order valence-corrected chi connectivity index (χ1v) is 5.59. The van der Waals surface area contributed by atoms with Crippen molar-refractivity contribution < 1.29 is 0 Å². The summed E-state index contributed by atoms with van der Waals surface area (Å²) in [7, 11) is 0. The molecule has 16 heavy (non-hydrogen) atoms. The zero-order chi connectivity index (χ0) is 11.0. The van der Waals surface area contributed by atoms with E-state index in [9.17, 15) is 0 Å². The van der Waals surface area contributed by atoms with Gasteiger partial charge in [0.2, 0.25) is 0 Å². The van der Waals surface area contributed by atoms with Crippen molar-refractivity contribution in [2.75, 3.05) is 5.73 Å². The van der Waals surface area contributed by atoms with Gasteiger partial charge in [-0.2, -0.15) is 0 Å². The van der Waals surface area contributed by atoms with Gasteiger partial charge in [0.1, 0.15) is 26.9 Å². The maximum atomic E-state index is 5.64. The summed E-state index contributed by atoms with van der Waals surface area (Å²) in [6, 6.07) is 9.34. The van der Waals surface area contributed by atoms with E-state index in [1.54, 1.807) is 12.3 Å². The quantitative estimate of drug-likeness (QED) is 0.694. The van der Waals surface area contributed by atoms with E-state index in [1.807, 2.05) is 24.3 Å². The van der Waals surface area contributed by atoms with Crippen molar-refractivity contribution in [3.63, 3.8) is 0 Å². The second-order valence-corrected chi connectivity index (χ2v) is 4.27. The smallest absolute Gasteiger partial charge is 0.144 e. The first-order chi connectivity index (χ1) is 7.83. The van der Waals surface area contributed by atoms with Crippen LogP contribution in [-0.4, -0.2) is 15.0 Å². The highest BCUT2D eigenvalue weighted by atomic mass is 32.1. The summed E-state index contributed by atoms with van der Waals surface area (Å²) in [5, 5.41) is 0.848. The van der Waals surface area contributed by atoms with Gasteiger partial charge in [0.15, 0.2) is 0 Å². The third-order valence-electron chi connectivity index (χ3n) is 2.16. The minimum atomic E-state index is 0.504. The molecule has 0 atom stereocenters. The van der Waals surface area contributed by atoms with Crippen LogP contribution in [0.15, 0.2) is 36.5 Å². The molecule has 0 aliphatic heterocycles. The molecule has 0 unspecified atom stereocenters. The molecule has 0 fully saturated rings. The highest BCUT2D eigenvalue weighted by Gasteiger charge is 2.07. The van der Waals surface area contributed by atoms with Crippen LogP contribution in [0.2, 0.25) is 0 Å². The number of anilines is 1. The molecule has 3 aromatic heterocycles. The highest BCUT2D eigenvalue weighted by molar-refractivity contribution is 7.21. The fourth-order valence-corrected chi connectivity index (χ4v) is 2.33. The van der Waals surface area contributed by atoms with Gasteiger partial charge < -0.3 is 5.73 Å². The molecule has 0 saturated carbocycles. The number of hydrogen-bond acceptors (Lipinski definition) is 5. The molecule has 3 rings (SSSR count). The van der Waals surface area contributed by atoms with Gasteiger partial charge >= 0.3 is 0 Å². The fourth-order valence-electron chi connectivity index (χ4n) is 1.45. The van der Waals surface area contributed by atoms with Crippen molar-refractivity contribution in [1.82, 2.24) is 15.0 Å². The van der Waals surface area contributed by atoms with Gasteiger partial charge in [-0.15, -0.1) is 0 Å². The molecule has 5 heteroatoms. The third kappa shape index (κ3) is 1.51. The van der Waals surface area contributed by atoms with Crippen molar-refractivity contribution in [2.45, 2.75) is 0 Å². The normalized spacial score (nSPS) is 10.8. The number of fused-ring (bicyclic) bond motifs is 1. The summed E-state index contributed by atoms with van der Waals surface area (Å²) in [5.74, 6) is 0.504. The fraction of sp³-hybridized carbons (Fsp3) is 0. The Labute approximate surface area is 95.8 Å². The van der Waals surface area contributed by atoms with Crippen molar-refractivity contribution in [3.8, 4) is 10.7 Å². The predicted octanol–water partition coefficient (Wildman–Crippen LogP) is 2.34. The Bertz CT molecular complexity index is 614. The largest absolute Gasteiger partial charge is 0.384 e. The average Bonchev–Trinajstić information content (AvgIpc) is 2.72. The van der Waals surface area contributed by atoms with Crippen LogP contribution in [-0.2, 0) is 0 Å². The lowest BCUT2D eigenvalue weighted by atomic mass is 10.3. The van der Waals surface area contributed by atoms with Gasteiger partial charge in [-0.3, -0.25) is 0 Å². The molecule has 0 bridgehead atoms. The summed E-state index contributed by atoms with van der Waals surface area (Å²) >= 11 is 1.52. The maximum Gasteiger partial charge on any atom is 0.144 e. The summed E-state index contributed by atoms with van der Waals surface area (Å²) in [6.45, 7) is 0. The molecule has 0 aliphatic carbocycles. The van der Waals surface area contributed by atoms with Crippen molar-refractivity contribution in [2.24, 2.45) is 0 Å². The second-order valence-electron chi connectivity index (χ2n) is 3.29. The Hall–Kier alpha value is -2.01. The Morgan fingerprint density at radius 3 is 2.81 bits per heavy atom. The number of pyridine rings is 2. The van der Waals surface area contributed by atoms with E-state index in [0.717, 1.165) is 21.0 Å². The topological polar surface area (TPSA) is 64.7 Å². The number of nitrogens with two attached hydrogens (primary N) is 1. The predicted molar refractivity (Wildman–Crippen MR) is 65.1 cm³/mol. The van der Waals surface area contributed by atoms with Gasteiger partial charge in [-0.1, -0.05) is 17.4 Å². The van der Waals surface area contributed by atoms with E-state index in [4.69, 9.17) is 5.73 Å². The van der Waals surface area contributed by atoms with Crippen LogP contribution in [0.1, 0.15) is 0 Å². The molecule has 0 radical (unpaired) electrons. The Balaban J connectivity index is 2.19.